The minimum atomic E-state index is -3.96. The van der Waals surface area contributed by atoms with E-state index in [-0.39, 0.29) is 9.80 Å². The van der Waals surface area contributed by atoms with Crippen LogP contribution in [-0.2, 0) is 9.84 Å². The largest absolute Gasteiger partial charge is 0.218 e. The molecule has 23 heavy (non-hydrogen) atoms. The molecule has 0 amide bonds. The molecule has 0 aliphatic carbocycles. The molecule has 0 saturated carbocycles. The molecule has 5 heteroatoms. The van der Waals surface area contributed by atoms with Crippen molar-refractivity contribution in [2.24, 2.45) is 0 Å². The number of allylic oxidation sites excluding steroid dienone is 1. The lowest BCUT2D eigenvalue weighted by Crippen LogP contribution is -2.03. The first-order valence-electron chi connectivity index (χ1n) is 7.07. The molecule has 2 rings (SSSR count). The third kappa shape index (κ3) is 3.85. The molecule has 0 heterocycles. The zero-order valence-corrected chi connectivity index (χ0v) is 13.6. The summed E-state index contributed by atoms with van der Waals surface area (Å²) in [6, 6.07) is 13.5. The summed E-state index contributed by atoms with van der Waals surface area (Å²) >= 11 is 0. The van der Waals surface area contributed by atoms with Crippen molar-refractivity contribution in [2.75, 3.05) is 0 Å². The molecule has 2 aromatic rings. The Balaban J connectivity index is 2.42. The van der Waals surface area contributed by atoms with Crippen molar-refractivity contribution in [3.8, 4) is 6.07 Å². The van der Waals surface area contributed by atoms with Crippen molar-refractivity contribution in [1.29, 1.82) is 5.26 Å². The van der Waals surface area contributed by atoms with Crippen LogP contribution in [0.25, 0.3) is 6.08 Å². The van der Waals surface area contributed by atoms with Gasteiger partial charge in [-0.25, -0.2) is 12.8 Å². The van der Waals surface area contributed by atoms with E-state index >= 15 is 0 Å². The Bertz CT molecular complexity index is 859. The summed E-state index contributed by atoms with van der Waals surface area (Å²) < 4.78 is 37.8. The van der Waals surface area contributed by atoms with Gasteiger partial charge in [0, 0.05) is 0 Å². The quantitative estimate of drug-likeness (QED) is 0.621. The van der Waals surface area contributed by atoms with E-state index in [0.29, 0.717) is 11.5 Å². The Morgan fingerprint density at radius 3 is 2.13 bits per heavy atom. The van der Waals surface area contributed by atoms with Crippen LogP contribution in [0.2, 0.25) is 0 Å². The fraction of sp³-hybridized carbons (Fsp3) is 0.167. The van der Waals surface area contributed by atoms with E-state index in [0.717, 1.165) is 29.8 Å². The van der Waals surface area contributed by atoms with Crippen LogP contribution in [0.15, 0.2) is 58.3 Å². The van der Waals surface area contributed by atoms with E-state index in [1.54, 1.807) is 18.2 Å². The summed E-state index contributed by atoms with van der Waals surface area (Å²) in [6.07, 6.45) is 1.32. The first-order valence-corrected chi connectivity index (χ1v) is 8.55. The number of nitriles is 1. The molecule has 0 N–H and O–H groups in total. The van der Waals surface area contributed by atoms with E-state index in [9.17, 15) is 18.1 Å². The van der Waals surface area contributed by atoms with Crippen molar-refractivity contribution >= 4 is 15.9 Å². The molecule has 0 aromatic heterocycles. The Morgan fingerprint density at radius 1 is 1.09 bits per heavy atom. The van der Waals surface area contributed by atoms with E-state index < -0.39 is 15.7 Å². The van der Waals surface area contributed by atoms with Crippen molar-refractivity contribution in [2.45, 2.75) is 24.7 Å². The second-order valence-electron chi connectivity index (χ2n) is 5.40. The van der Waals surface area contributed by atoms with Gasteiger partial charge < -0.3 is 0 Å². The molecule has 2 aromatic carbocycles. The molecule has 0 saturated heterocycles. The van der Waals surface area contributed by atoms with Crippen molar-refractivity contribution in [3.05, 3.63) is 70.4 Å². The molecule has 3 nitrogen and oxygen atoms in total. The lowest BCUT2D eigenvalue weighted by atomic mass is 10.0. The van der Waals surface area contributed by atoms with Crippen LogP contribution in [0, 0.1) is 17.1 Å². The Labute approximate surface area is 135 Å². The zero-order chi connectivity index (χ0) is 17.0. The second-order valence-corrected chi connectivity index (χ2v) is 7.32. The van der Waals surface area contributed by atoms with Gasteiger partial charge in [0.05, 0.1) is 4.90 Å². The van der Waals surface area contributed by atoms with Crippen LogP contribution < -0.4 is 0 Å². The summed E-state index contributed by atoms with van der Waals surface area (Å²) in [5.74, 6) is -0.165. The predicted molar refractivity (Wildman–Crippen MR) is 87.7 cm³/mol. The smallest absolute Gasteiger partial charge is 0.216 e. The number of halogens is 1. The van der Waals surface area contributed by atoms with Gasteiger partial charge in [0.15, 0.2) is 0 Å². The van der Waals surface area contributed by atoms with Gasteiger partial charge in [-0.15, -0.1) is 0 Å². The molecule has 0 aliphatic heterocycles. The highest BCUT2D eigenvalue weighted by atomic mass is 32.2. The second kappa shape index (κ2) is 6.76. The first-order chi connectivity index (χ1) is 10.8. The van der Waals surface area contributed by atoms with E-state index in [1.807, 2.05) is 12.1 Å². The average Bonchev–Trinajstić information content (AvgIpc) is 2.53. The summed E-state index contributed by atoms with van der Waals surface area (Å²) in [6.45, 7) is 4.12. The Hall–Kier alpha value is -2.45. The lowest BCUT2D eigenvalue weighted by Gasteiger charge is -2.06. The van der Waals surface area contributed by atoms with Gasteiger partial charge in [-0.2, -0.15) is 5.26 Å². The maximum absolute atomic E-state index is 12.9. The van der Waals surface area contributed by atoms with Gasteiger partial charge in [-0.3, -0.25) is 0 Å². The number of nitrogens with zero attached hydrogens (tertiary/aromatic N) is 1. The number of sulfone groups is 1. The molecular weight excluding hydrogens is 313 g/mol. The minimum absolute atomic E-state index is 0.106. The average molecular weight is 329 g/mol. The van der Waals surface area contributed by atoms with Gasteiger partial charge in [0.25, 0.3) is 0 Å². The maximum atomic E-state index is 12.9. The Morgan fingerprint density at radius 2 is 1.65 bits per heavy atom. The molecule has 0 radical (unpaired) electrons. The van der Waals surface area contributed by atoms with Crippen LogP contribution in [0.3, 0.4) is 0 Å². The summed E-state index contributed by atoms with van der Waals surface area (Å²) in [4.78, 5) is -0.480. The highest BCUT2D eigenvalue weighted by Crippen LogP contribution is 2.22. The van der Waals surface area contributed by atoms with Crippen LogP contribution in [0.4, 0.5) is 4.39 Å². The van der Waals surface area contributed by atoms with E-state index in [1.165, 1.54) is 6.08 Å². The first kappa shape index (κ1) is 16.9. The zero-order valence-electron chi connectivity index (χ0n) is 12.8. The fourth-order valence-electron chi connectivity index (χ4n) is 2.04. The van der Waals surface area contributed by atoms with Gasteiger partial charge in [0.2, 0.25) is 9.84 Å². The van der Waals surface area contributed by atoms with Crippen LogP contribution in [-0.4, -0.2) is 8.42 Å². The van der Waals surface area contributed by atoms with Crippen LogP contribution >= 0.6 is 0 Å². The SMILES string of the molecule is CC(C)c1ccc(C=C(C#N)S(=O)(=O)c2ccc(F)cc2)cc1. The van der Waals surface area contributed by atoms with Gasteiger partial charge in [0.1, 0.15) is 16.8 Å². The monoisotopic (exact) mass is 329 g/mol. The molecular formula is C18H16FNO2S. The normalized spacial score (nSPS) is 12.2. The highest BCUT2D eigenvalue weighted by Gasteiger charge is 2.20. The minimum Gasteiger partial charge on any atom is -0.218 e. The number of benzene rings is 2. The lowest BCUT2D eigenvalue weighted by molar-refractivity contribution is 0.601. The number of hydrogen-bond donors (Lipinski definition) is 0. The number of hydrogen-bond acceptors (Lipinski definition) is 3. The van der Waals surface area contributed by atoms with Crippen LogP contribution in [0.5, 0.6) is 0 Å². The van der Waals surface area contributed by atoms with E-state index in [4.69, 9.17) is 0 Å². The topological polar surface area (TPSA) is 57.9 Å². The molecule has 0 spiro atoms. The fourth-order valence-corrected chi connectivity index (χ4v) is 3.20. The van der Waals surface area contributed by atoms with Crippen LogP contribution in [0.1, 0.15) is 30.9 Å². The van der Waals surface area contributed by atoms with E-state index in [2.05, 4.69) is 13.8 Å². The summed E-state index contributed by atoms with van der Waals surface area (Å²) in [7, 11) is -3.96. The predicted octanol–water partition coefficient (Wildman–Crippen LogP) is 4.29. The third-order valence-electron chi connectivity index (χ3n) is 3.42. The summed E-state index contributed by atoms with van der Waals surface area (Å²) in [5.41, 5.74) is 1.75. The molecule has 0 aliphatic rings. The molecule has 0 atom stereocenters. The maximum Gasteiger partial charge on any atom is 0.216 e. The Kier molecular flexibility index (Phi) is 4.97. The third-order valence-corrected chi connectivity index (χ3v) is 5.11. The molecule has 0 unspecified atom stereocenters. The molecule has 0 bridgehead atoms. The standard InChI is InChI=1S/C18H16FNO2S/c1-13(2)15-5-3-14(4-6-15)11-18(12-20)23(21,22)17-9-7-16(19)8-10-17/h3-11,13H,1-2H3. The molecule has 0 fully saturated rings. The van der Waals surface area contributed by atoms with Gasteiger partial charge >= 0.3 is 0 Å². The van der Waals surface area contributed by atoms with Crippen molar-refractivity contribution < 1.29 is 12.8 Å². The van der Waals surface area contributed by atoms with Crippen molar-refractivity contribution in [1.82, 2.24) is 0 Å². The number of rotatable bonds is 4. The molecule has 118 valence electrons. The van der Waals surface area contributed by atoms with Gasteiger partial charge in [-0.1, -0.05) is 38.1 Å². The van der Waals surface area contributed by atoms with Gasteiger partial charge in [-0.05, 0) is 47.4 Å². The highest BCUT2D eigenvalue weighted by molar-refractivity contribution is 7.95. The summed E-state index contributed by atoms with van der Waals surface area (Å²) in [5, 5.41) is 9.21. The van der Waals surface area contributed by atoms with Crippen molar-refractivity contribution in [3.63, 3.8) is 0 Å².